The topological polar surface area (TPSA) is 54.7 Å². The van der Waals surface area contributed by atoms with Crippen LogP contribution in [-0.4, -0.2) is 38.6 Å². The highest BCUT2D eigenvalue weighted by Crippen LogP contribution is 2.21. The van der Waals surface area contributed by atoms with Crippen LogP contribution in [0.1, 0.15) is 33.5 Å². The molecule has 23 heavy (non-hydrogen) atoms. The first-order chi connectivity index (χ1) is 11.0. The van der Waals surface area contributed by atoms with Crippen molar-refractivity contribution < 1.29 is 13.9 Å². The molecule has 0 spiro atoms. The lowest BCUT2D eigenvalue weighted by molar-refractivity contribution is 0.0905. The van der Waals surface area contributed by atoms with Gasteiger partial charge in [-0.3, -0.25) is 4.79 Å². The van der Waals surface area contributed by atoms with E-state index in [0.29, 0.717) is 24.7 Å². The summed E-state index contributed by atoms with van der Waals surface area (Å²) in [5.41, 5.74) is 2.41. The number of benzene rings is 1. The average Bonchev–Trinajstić information content (AvgIpc) is 2.98. The molecule has 0 aliphatic heterocycles. The number of ether oxygens (including phenoxy) is 1. The van der Waals surface area contributed by atoms with Crippen molar-refractivity contribution in [3.8, 4) is 0 Å². The van der Waals surface area contributed by atoms with E-state index in [0.717, 1.165) is 0 Å². The Morgan fingerprint density at radius 1 is 1.26 bits per heavy atom. The summed E-state index contributed by atoms with van der Waals surface area (Å²) in [5.74, 6) is 0.729. The molecular formula is C18H24N2O3. The van der Waals surface area contributed by atoms with Crippen LogP contribution in [0.2, 0.25) is 0 Å². The third kappa shape index (κ3) is 4.43. The zero-order valence-electron chi connectivity index (χ0n) is 14.1. The summed E-state index contributed by atoms with van der Waals surface area (Å²) in [5, 5.41) is 2.95. The lowest BCUT2D eigenvalue weighted by Gasteiger charge is -2.26. The monoisotopic (exact) mass is 316 g/mol. The predicted octanol–water partition coefficient (Wildman–Crippen LogP) is 2.77. The van der Waals surface area contributed by atoms with E-state index >= 15 is 0 Å². The van der Waals surface area contributed by atoms with Crippen molar-refractivity contribution in [2.75, 3.05) is 27.7 Å². The average molecular weight is 316 g/mol. The lowest BCUT2D eigenvalue weighted by atomic mass is 10.0. The number of methoxy groups -OCH3 is 1. The SMILES string of the molecule is COCc1ccc(C(=O)NC[C@H](c2ccccc2C)N(C)C)o1. The molecule has 1 N–H and O–H groups in total. The molecule has 1 aromatic heterocycles. The maximum absolute atomic E-state index is 12.2. The van der Waals surface area contributed by atoms with Gasteiger partial charge >= 0.3 is 0 Å². The molecule has 5 heteroatoms. The molecule has 1 heterocycles. The number of carbonyl (C=O) groups is 1. The van der Waals surface area contributed by atoms with E-state index in [-0.39, 0.29) is 11.9 Å². The zero-order chi connectivity index (χ0) is 16.8. The smallest absolute Gasteiger partial charge is 0.287 e. The molecule has 0 aliphatic carbocycles. The van der Waals surface area contributed by atoms with Crippen LogP contribution in [0.4, 0.5) is 0 Å². The molecule has 1 atom stereocenters. The number of amides is 1. The van der Waals surface area contributed by atoms with Gasteiger partial charge in [0, 0.05) is 13.7 Å². The third-order valence-corrected chi connectivity index (χ3v) is 3.80. The number of aryl methyl sites for hydroxylation is 1. The molecule has 0 unspecified atom stereocenters. The Labute approximate surface area is 137 Å². The molecule has 2 rings (SSSR count). The first-order valence-electron chi connectivity index (χ1n) is 7.60. The zero-order valence-corrected chi connectivity index (χ0v) is 14.1. The molecule has 2 aromatic rings. The molecule has 0 saturated heterocycles. The molecule has 0 aliphatic rings. The van der Waals surface area contributed by atoms with Gasteiger partial charge in [-0.25, -0.2) is 0 Å². The molecule has 0 saturated carbocycles. The van der Waals surface area contributed by atoms with Crippen LogP contribution in [0.15, 0.2) is 40.8 Å². The summed E-state index contributed by atoms with van der Waals surface area (Å²) in [6, 6.07) is 11.7. The van der Waals surface area contributed by atoms with E-state index < -0.39 is 0 Å². The Hall–Kier alpha value is -2.11. The van der Waals surface area contributed by atoms with Gasteiger partial charge in [-0.15, -0.1) is 0 Å². The van der Waals surface area contributed by atoms with Crippen molar-refractivity contribution in [1.82, 2.24) is 10.2 Å². The molecule has 0 bridgehead atoms. The molecule has 0 fully saturated rings. The van der Waals surface area contributed by atoms with Gasteiger partial charge in [0.1, 0.15) is 12.4 Å². The normalized spacial score (nSPS) is 12.4. The van der Waals surface area contributed by atoms with Crippen molar-refractivity contribution in [1.29, 1.82) is 0 Å². The number of nitrogens with zero attached hydrogens (tertiary/aromatic N) is 1. The molecule has 1 aromatic carbocycles. The van der Waals surface area contributed by atoms with E-state index in [2.05, 4.69) is 29.3 Å². The number of nitrogens with one attached hydrogen (secondary N) is 1. The van der Waals surface area contributed by atoms with Crippen molar-refractivity contribution >= 4 is 5.91 Å². The number of hydrogen-bond acceptors (Lipinski definition) is 4. The van der Waals surface area contributed by atoms with Crippen molar-refractivity contribution in [2.24, 2.45) is 0 Å². The van der Waals surface area contributed by atoms with E-state index in [1.807, 2.05) is 26.2 Å². The Morgan fingerprint density at radius 2 is 2.00 bits per heavy atom. The minimum atomic E-state index is -0.215. The fourth-order valence-corrected chi connectivity index (χ4v) is 2.53. The largest absolute Gasteiger partial charge is 0.453 e. The van der Waals surface area contributed by atoms with Crippen LogP contribution in [0.3, 0.4) is 0 Å². The predicted molar refractivity (Wildman–Crippen MR) is 89.4 cm³/mol. The second kappa shape index (κ2) is 7.94. The molecule has 0 radical (unpaired) electrons. The minimum Gasteiger partial charge on any atom is -0.453 e. The Kier molecular flexibility index (Phi) is 5.96. The van der Waals surface area contributed by atoms with Crippen LogP contribution in [0.25, 0.3) is 0 Å². The molecule has 1 amide bonds. The number of likely N-dealkylation sites (N-methyl/N-ethyl adjacent to an activating group) is 1. The summed E-state index contributed by atoms with van der Waals surface area (Å²) in [6.07, 6.45) is 0. The van der Waals surface area contributed by atoms with Crippen LogP contribution in [0, 0.1) is 6.92 Å². The molecule has 124 valence electrons. The fourth-order valence-electron chi connectivity index (χ4n) is 2.53. The third-order valence-electron chi connectivity index (χ3n) is 3.80. The molecule has 5 nitrogen and oxygen atoms in total. The Morgan fingerprint density at radius 3 is 2.65 bits per heavy atom. The maximum atomic E-state index is 12.2. The Bertz CT molecular complexity index is 649. The van der Waals surface area contributed by atoms with E-state index in [1.54, 1.807) is 19.2 Å². The number of furan rings is 1. The van der Waals surface area contributed by atoms with E-state index in [4.69, 9.17) is 9.15 Å². The van der Waals surface area contributed by atoms with Gasteiger partial charge < -0.3 is 19.4 Å². The summed E-state index contributed by atoms with van der Waals surface area (Å²) in [7, 11) is 5.60. The number of hydrogen-bond donors (Lipinski definition) is 1. The van der Waals surface area contributed by atoms with Gasteiger partial charge in [0.05, 0.1) is 6.04 Å². The first-order valence-corrected chi connectivity index (χ1v) is 7.60. The van der Waals surface area contributed by atoms with Crippen LogP contribution in [-0.2, 0) is 11.3 Å². The van der Waals surface area contributed by atoms with Crippen LogP contribution < -0.4 is 5.32 Å². The standard InChI is InChI=1S/C18H24N2O3/c1-13-7-5-6-8-15(13)16(20(2)3)11-19-18(21)17-10-9-14(23-17)12-22-4/h5-10,16H,11-12H2,1-4H3,(H,19,21)/t16-/m1/s1. The van der Waals surface area contributed by atoms with Gasteiger partial charge in [0.15, 0.2) is 5.76 Å². The van der Waals surface area contributed by atoms with Crippen molar-refractivity contribution in [3.05, 3.63) is 59.0 Å². The van der Waals surface area contributed by atoms with Crippen molar-refractivity contribution in [2.45, 2.75) is 19.6 Å². The highest BCUT2D eigenvalue weighted by Gasteiger charge is 2.18. The van der Waals surface area contributed by atoms with Gasteiger partial charge in [-0.05, 0) is 44.3 Å². The van der Waals surface area contributed by atoms with Gasteiger partial charge in [0.2, 0.25) is 0 Å². The van der Waals surface area contributed by atoms with E-state index in [9.17, 15) is 4.79 Å². The molecular weight excluding hydrogens is 292 g/mol. The first kappa shape index (κ1) is 17.2. The maximum Gasteiger partial charge on any atom is 0.287 e. The van der Waals surface area contributed by atoms with E-state index in [1.165, 1.54) is 11.1 Å². The number of rotatable bonds is 7. The summed E-state index contributed by atoms with van der Waals surface area (Å²) < 4.78 is 10.4. The second-order valence-electron chi connectivity index (χ2n) is 5.74. The van der Waals surface area contributed by atoms with Crippen LogP contribution >= 0.6 is 0 Å². The fraction of sp³-hybridized carbons (Fsp3) is 0.389. The quantitative estimate of drug-likeness (QED) is 0.853. The number of carbonyl (C=O) groups excluding carboxylic acids is 1. The van der Waals surface area contributed by atoms with Gasteiger partial charge in [-0.1, -0.05) is 24.3 Å². The summed E-state index contributed by atoms with van der Waals surface area (Å²) in [6.45, 7) is 2.95. The highest BCUT2D eigenvalue weighted by atomic mass is 16.5. The lowest BCUT2D eigenvalue weighted by Crippen LogP contribution is -2.34. The summed E-state index contributed by atoms with van der Waals surface area (Å²) in [4.78, 5) is 14.3. The second-order valence-corrected chi connectivity index (χ2v) is 5.74. The van der Waals surface area contributed by atoms with Gasteiger partial charge in [0.25, 0.3) is 5.91 Å². The summed E-state index contributed by atoms with van der Waals surface area (Å²) >= 11 is 0. The highest BCUT2D eigenvalue weighted by molar-refractivity contribution is 5.91. The van der Waals surface area contributed by atoms with Crippen molar-refractivity contribution in [3.63, 3.8) is 0 Å². The van der Waals surface area contributed by atoms with Crippen LogP contribution in [0.5, 0.6) is 0 Å². The minimum absolute atomic E-state index is 0.105. The Balaban J connectivity index is 2.04. The van der Waals surface area contributed by atoms with Gasteiger partial charge in [-0.2, -0.15) is 0 Å².